The van der Waals surface area contributed by atoms with Gasteiger partial charge in [0.25, 0.3) is 5.91 Å². The van der Waals surface area contributed by atoms with Gasteiger partial charge < -0.3 is 9.64 Å². The maximum atomic E-state index is 13.0. The molecule has 5 heteroatoms. The molecule has 31 heavy (non-hydrogen) atoms. The fourth-order valence-electron chi connectivity index (χ4n) is 4.92. The van der Waals surface area contributed by atoms with E-state index in [2.05, 4.69) is 52.9 Å². The van der Waals surface area contributed by atoms with E-state index >= 15 is 0 Å². The Balaban J connectivity index is 1.35. The highest BCUT2D eigenvalue weighted by Gasteiger charge is 2.39. The molecule has 3 heterocycles. The van der Waals surface area contributed by atoms with Crippen LogP contribution in [-0.4, -0.2) is 53.5 Å². The summed E-state index contributed by atoms with van der Waals surface area (Å²) >= 11 is 0. The lowest BCUT2D eigenvalue weighted by Gasteiger charge is -2.47. The summed E-state index contributed by atoms with van der Waals surface area (Å²) in [5, 5.41) is 0. The van der Waals surface area contributed by atoms with Gasteiger partial charge >= 0.3 is 0 Å². The Bertz CT molecular complexity index is 860. The number of nitrogens with zero attached hydrogens (tertiary/aromatic N) is 3. The molecule has 2 fully saturated rings. The summed E-state index contributed by atoms with van der Waals surface area (Å²) in [6.07, 6.45) is 8.05. The number of hydrogen-bond acceptors (Lipinski definition) is 4. The summed E-state index contributed by atoms with van der Waals surface area (Å²) < 4.78 is 6.06. The molecule has 0 bridgehead atoms. The van der Waals surface area contributed by atoms with Crippen LogP contribution in [0, 0.1) is 11.3 Å². The van der Waals surface area contributed by atoms with Crippen molar-refractivity contribution in [1.82, 2.24) is 14.8 Å². The first kappa shape index (κ1) is 21.8. The molecule has 1 amide bonds. The van der Waals surface area contributed by atoms with Gasteiger partial charge in [-0.05, 0) is 68.3 Å². The number of ether oxygens (including phenoxy) is 1. The van der Waals surface area contributed by atoms with Gasteiger partial charge in [-0.15, -0.1) is 0 Å². The number of pyridine rings is 1. The second-order valence-electron chi connectivity index (χ2n) is 9.65. The van der Waals surface area contributed by atoms with Crippen molar-refractivity contribution in [3.8, 4) is 5.75 Å². The Morgan fingerprint density at radius 2 is 1.81 bits per heavy atom. The number of hydrogen-bond donors (Lipinski definition) is 0. The monoisotopic (exact) mass is 421 g/mol. The summed E-state index contributed by atoms with van der Waals surface area (Å²) in [6.45, 7) is 9.96. The number of para-hydroxylation sites is 1. The predicted octanol–water partition coefficient (Wildman–Crippen LogP) is 4.63. The highest BCUT2D eigenvalue weighted by atomic mass is 16.5. The Morgan fingerprint density at radius 3 is 2.55 bits per heavy atom. The van der Waals surface area contributed by atoms with Gasteiger partial charge in [0.05, 0.1) is 6.61 Å². The third-order valence-electron chi connectivity index (χ3n) is 6.73. The van der Waals surface area contributed by atoms with Crippen LogP contribution in [0.25, 0.3) is 0 Å². The highest BCUT2D eigenvalue weighted by molar-refractivity contribution is 5.94. The fraction of sp³-hybridized carbons (Fsp3) is 0.538. The Kier molecular flexibility index (Phi) is 6.91. The van der Waals surface area contributed by atoms with Crippen molar-refractivity contribution in [1.29, 1.82) is 0 Å². The second kappa shape index (κ2) is 9.82. The van der Waals surface area contributed by atoms with E-state index in [-0.39, 0.29) is 11.3 Å². The third-order valence-corrected chi connectivity index (χ3v) is 6.73. The minimum atomic E-state index is 0.153. The Labute approximate surface area is 186 Å². The van der Waals surface area contributed by atoms with Crippen LogP contribution in [0.3, 0.4) is 0 Å². The first-order chi connectivity index (χ1) is 15.0. The van der Waals surface area contributed by atoms with E-state index in [1.165, 1.54) is 12.0 Å². The van der Waals surface area contributed by atoms with Crippen molar-refractivity contribution in [2.75, 3.05) is 32.8 Å². The zero-order valence-electron chi connectivity index (χ0n) is 18.9. The molecule has 1 aromatic carbocycles. The molecule has 0 N–H and O–H groups in total. The third kappa shape index (κ3) is 5.45. The second-order valence-corrected chi connectivity index (χ2v) is 9.65. The number of piperidine rings is 2. The standard InChI is InChI=1S/C26H35N3O2/c1-21(2)19-31-24-7-4-3-6-23(24)18-28-16-11-26(12-17-28)10-5-15-29(20-26)25(30)22-8-13-27-14-9-22/h3-4,6-9,13-14,21H,5,10-12,15-20H2,1-2H3. The van der Waals surface area contributed by atoms with E-state index in [4.69, 9.17) is 4.74 Å². The number of aromatic nitrogens is 1. The first-order valence-electron chi connectivity index (χ1n) is 11.7. The maximum Gasteiger partial charge on any atom is 0.253 e. The summed E-state index contributed by atoms with van der Waals surface area (Å²) in [4.78, 5) is 21.6. The number of likely N-dealkylation sites (tertiary alicyclic amines) is 2. The van der Waals surface area contributed by atoms with Crippen molar-refractivity contribution < 1.29 is 9.53 Å². The number of carbonyl (C=O) groups excluding carboxylic acids is 1. The molecule has 1 aromatic heterocycles. The molecule has 2 aliphatic heterocycles. The highest BCUT2D eigenvalue weighted by Crippen LogP contribution is 2.40. The molecule has 2 aliphatic rings. The molecule has 0 atom stereocenters. The molecular formula is C26H35N3O2. The molecular weight excluding hydrogens is 386 g/mol. The van der Waals surface area contributed by atoms with Crippen LogP contribution in [0.1, 0.15) is 55.5 Å². The average Bonchev–Trinajstić information content (AvgIpc) is 2.80. The summed E-state index contributed by atoms with van der Waals surface area (Å²) in [6, 6.07) is 12.1. The van der Waals surface area contributed by atoms with E-state index in [0.717, 1.165) is 69.9 Å². The van der Waals surface area contributed by atoms with E-state index in [0.29, 0.717) is 5.92 Å². The average molecular weight is 422 g/mol. The van der Waals surface area contributed by atoms with Crippen molar-refractivity contribution in [2.45, 2.75) is 46.1 Å². The van der Waals surface area contributed by atoms with Crippen LogP contribution in [0.2, 0.25) is 0 Å². The van der Waals surface area contributed by atoms with Gasteiger partial charge in [-0.2, -0.15) is 0 Å². The van der Waals surface area contributed by atoms with E-state index < -0.39 is 0 Å². The normalized spacial score (nSPS) is 19.0. The van der Waals surface area contributed by atoms with E-state index in [9.17, 15) is 4.79 Å². The van der Waals surface area contributed by atoms with Gasteiger partial charge in [0, 0.05) is 43.2 Å². The summed E-state index contributed by atoms with van der Waals surface area (Å²) in [5.74, 6) is 1.69. The number of amides is 1. The minimum absolute atomic E-state index is 0.153. The molecule has 2 saturated heterocycles. The molecule has 0 unspecified atom stereocenters. The van der Waals surface area contributed by atoms with Crippen LogP contribution in [0.5, 0.6) is 5.75 Å². The van der Waals surface area contributed by atoms with Gasteiger partial charge in [0.2, 0.25) is 0 Å². The van der Waals surface area contributed by atoms with Crippen LogP contribution in [0.15, 0.2) is 48.8 Å². The van der Waals surface area contributed by atoms with E-state index in [1.807, 2.05) is 12.1 Å². The largest absolute Gasteiger partial charge is 0.493 e. The van der Waals surface area contributed by atoms with Gasteiger partial charge in [0.1, 0.15) is 5.75 Å². The van der Waals surface area contributed by atoms with Gasteiger partial charge in [-0.25, -0.2) is 0 Å². The maximum absolute atomic E-state index is 13.0. The van der Waals surface area contributed by atoms with Gasteiger partial charge in [-0.1, -0.05) is 32.0 Å². The van der Waals surface area contributed by atoms with Crippen LogP contribution < -0.4 is 4.74 Å². The molecule has 4 rings (SSSR count). The van der Waals surface area contributed by atoms with Gasteiger partial charge in [0.15, 0.2) is 0 Å². The zero-order valence-corrected chi connectivity index (χ0v) is 18.9. The van der Waals surface area contributed by atoms with Crippen LogP contribution in [0.4, 0.5) is 0 Å². The van der Waals surface area contributed by atoms with Gasteiger partial charge in [-0.3, -0.25) is 14.7 Å². The quantitative estimate of drug-likeness (QED) is 0.682. The van der Waals surface area contributed by atoms with Crippen molar-refractivity contribution in [3.05, 3.63) is 59.9 Å². The predicted molar refractivity (Wildman–Crippen MR) is 123 cm³/mol. The molecule has 166 valence electrons. The smallest absolute Gasteiger partial charge is 0.253 e. The lowest BCUT2D eigenvalue weighted by atomic mass is 9.72. The molecule has 0 aliphatic carbocycles. The fourth-order valence-corrected chi connectivity index (χ4v) is 4.92. The first-order valence-corrected chi connectivity index (χ1v) is 11.7. The zero-order chi connectivity index (χ0) is 21.7. The molecule has 0 saturated carbocycles. The SMILES string of the molecule is CC(C)COc1ccccc1CN1CCC2(CCCN(C(=O)c3ccncc3)C2)CC1. The summed E-state index contributed by atoms with van der Waals surface area (Å²) in [5.41, 5.74) is 2.30. The van der Waals surface area contributed by atoms with Crippen molar-refractivity contribution in [2.24, 2.45) is 11.3 Å². The number of rotatable bonds is 6. The Morgan fingerprint density at radius 1 is 1.06 bits per heavy atom. The lowest BCUT2D eigenvalue weighted by Crippen LogP contribution is -2.51. The molecule has 2 aromatic rings. The molecule has 5 nitrogen and oxygen atoms in total. The summed E-state index contributed by atoms with van der Waals surface area (Å²) in [7, 11) is 0. The van der Waals surface area contributed by atoms with Crippen molar-refractivity contribution >= 4 is 5.91 Å². The lowest BCUT2D eigenvalue weighted by molar-refractivity contribution is 0.0196. The molecule has 1 spiro atoms. The minimum Gasteiger partial charge on any atom is -0.493 e. The molecule has 0 radical (unpaired) electrons. The topological polar surface area (TPSA) is 45.7 Å². The van der Waals surface area contributed by atoms with E-state index in [1.54, 1.807) is 12.4 Å². The van der Waals surface area contributed by atoms with Crippen LogP contribution >= 0.6 is 0 Å². The van der Waals surface area contributed by atoms with Crippen molar-refractivity contribution in [3.63, 3.8) is 0 Å². The Hall–Kier alpha value is -2.40. The number of carbonyl (C=O) groups is 1. The van der Waals surface area contributed by atoms with Crippen LogP contribution in [-0.2, 0) is 6.54 Å². The number of benzene rings is 1.